The summed E-state index contributed by atoms with van der Waals surface area (Å²) in [6, 6.07) is 37.4. The molecule has 8 aromatic carbocycles. The Balaban J connectivity index is 0.735. The third-order valence-corrected chi connectivity index (χ3v) is 23.7. The third-order valence-electron chi connectivity index (χ3n) is 23.7. The van der Waals surface area contributed by atoms with E-state index in [1.807, 2.05) is 0 Å². The maximum atomic E-state index is 14.8. The van der Waals surface area contributed by atoms with Gasteiger partial charge >= 0.3 is 0 Å². The number of hydrazine groups is 4. The predicted molar refractivity (Wildman–Crippen MR) is 484 cm³/mol. The molecule has 10 aromatic rings. The number of pyridine rings is 2. The van der Waals surface area contributed by atoms with Gasteiger partial charge in [0.25, 0.3) is 94.5 Å². The highest BCUT2D eigenvalue weighted by Gasteiger charge is 2.47. The van der Waals surface area contributed by atoms with Crippen molar-refractivity contribution in [3.63, 3.8) is 0 Å². The Bertz CT molecular complexity index is 5790. The van der Waals surface area contributed by atoms with E-state index in [9.17, 15) is 95.9 Å². The average Bonchev–Trinajstić information content (AvgIpc) is 0.714. The Morgan fingerprint density at radius 2 is 0.382 bits per heavy atom. The molecule has 12 N–H and O–H groups in total. The smallest absolute Gasteiger partial charge is 0.280 e. The first kappa shape index (κ1) is 93.5. The minimum Gasteiger partial charge on any atom is -0.342 e. The summed E-state index contributed by atoms with van der Waals surface area (Å²) < 4.78 is 0. The zero-order chi connectivity index (χ0) is 97.1. The van der Waals surface area contributed by atoms with Crippen LogP contribution in [0.25, 0.3) is 21.5 Å². The molecule has 38 nitrogen and oxygen atoms in total. The van der Waals surface area contributed by atoms with E-state index in [1.54, 1.807) is 177 Å². The minimum atomic E-state index is -1.62. The van der Waals surface area contributed by atoms with Gasteiger partial charge in [0.15, 0.2) is 0 Å². The molecule has 15 aliphatic heterocycles. The zero-order valence-electron chi connectivity index (χ0n) is 74.2. The maximum absolute atomic E-state index is 14.8. The lowest BCUT2D eigenvalue weighted by molar-refractivity contribution is -0.132. The van der Waals surface area contributed by atoms with Crippen LogP contribution in [0.3, 0.4) is 0 Å². The number of nitrogens with one attached hydrogen (secondary N) is 12. The maximum Gasteiger partial charge on any atom is 0.280 e. The summed E-state index contributed by atoms with van der Waals surface area (Å²) in [5.74, 6) is -24.5. The Kier molecular flexibility index (Phi) is 26.8. The first-order chi connectivity index (χ1) is 65.0. The van der Waals surface area contributed by atoms with Crippen LogP contribution >= 0.6 is 0 Å². The molecule has 0 saturated carbocycles. The van der Waals surface area contributed by atoms with Crippen LogP contribution < -0.4 is 64.2 Å². The van der Waals surface area contributed by atoms with Crippen molar-refractivity contribution in [2.75, 3.05) is 0 Å². The third kappa shape index (κ3) is 19.0. The van der Waals surface area contributed by atoms with Crippen molar-refractivity contribution >= 4 is 140 Å². The molecule has 0 unspecified atom stereocenters. The highest BCUT2D eigenvalue weighted by Crippen LogP contribution is 2.40. The van der Waals surface area contributed by atoms with Crippen LogP contribution in [-0.2, 0) is 64.0 Å². The van der Waals surface area contributed by atoms with Gasteiger partial charge in [-0.1, -0.05) is 189 Å². The van der Waals surface area contributed by atoms with Gasteiger partial charge in [-0.2, -0.15) is 20.0 Å². The van der Waals surface area contributed by atoms with Crippen LogP contribution in [0.5, 0.6) is 0 Å². The molecule has 17 heterocycles. The molecule has 0 fully saturated rings. The van der Waals surface area contributed by atoms with Gasteiger partial charge in [0.2, 0.25) is 23.6 Å². The van der Waals surface area contributed by atoms with Crippen molar-refractivity contribution in [1.82, 2.24) is 94.2 Å². The molecular formula is C98H90N18O20. The standard InChI is InChI=1S/C98H90N18O20/c1-47(2)75-87(125)101-67(43-51-23-13-9-14-24-51)83(121)109-113-91(129)55-35-37-57-72-58(38-36-56(71(55)72)92(113)130)94(132)114(93(57)131)111-85(123)69(45-53-27-17-11-18-28-53)103-89(127)77(49(5)6)107-81(119)65-33-22-34-66(100-65)82(120)108-78(50(7)8)90(128)104-70(46-54-29-19-12-20-30-54)86(124)112-116-97(135)61-41-39-59-73-60(40-42-62(74(61)73)98(116)136)96(134)115(95(59)133)110-84(122)68(44-52-25-15-10-16-26-52)102-88(126)76(48(3)4)106-80(118)64-32-21-31-63(99-64)79(117)105-75/h9-42,47-50,67-70,75-78H,43-46H2,1-8H3,(H,101,125)(H,102,126)(H,103,127)(H,104,128)(H,105,117)(H,106,118)(H,107,119)(H,108,120)(H,109,121)(H,110,122)(H,111,123)(H,112,124)/t67-,68-,69-,70-,75-,76-,77-,78-/m0/s1. The first-order valence-electron chi connectivity index (χ1n) is 43.6. The van der Waals surface area contributed by atoms with Gasteiger partial charge in [-0.25, -0.2) is 9.97 Å². The number of hydrogen-bond acceptors (Lipinski definition) is 22. The van der Waals surface area contributed by atoms with Crippen LogP contribution in [0.1, 0.15) is 202 Å². The van der Waals surface area contributed by atoms with Gasteiger partial charge in [-0.3, -0.25) is 118 Å². The summed E-state index contributed by atoms with van der Waals surface area (Å²) >= 11 is 0. The summed E-state index contributed by atoms with van der Waals surface area (Å²) in [7, 11) is 0. The number of hydrogen-bond donors (Lipinski definition) is 12. The Hall–Kier alpha value is -17.2. The molecule has 25 rings (SSSR count). The van der Waals surface area contributed by atoms with E-state index in [0.717, 1.165) is 48.5 Å². The number of carbonyl (C=O) groups excluding carboxylic acids is 20. The molecule has 38 heteroatoms. The first-order valence-corrected chi connectivity index (χ1v) is 43.6. The van der Waals surface area contributed by atoms with E-state index in [2.05, 4.69) is 74.2 Å². The molecule has 0 radical (unpaired) electrons. The Morgan fingerprint density at radius 3 is 0.544 bits per heavy atom. The fourth-order valence-corrected chi connectivity index (χ4v) is 16.6. The van der Waals surface area contributed by atoms with Crippen LogP contribution in [0, 0.1) is 23.7 Å². The van der Waals surface area contributed by atoms with E-state index in [1.165, 1.54) is 36.4 Å². The predicted octanol–water partition coefficient (Wildman–Crippen LogP) is 4.33. The molecule has 20 bridgehead atoms. The number of imide groups is 4. The summed E-state index contributed by atoms with van der Waals surface area (Å²) in [5.41, 5.74) is 7.42. The van der Waals surface area contributed by atoms with Gasteiger partial charge in [-0.05, 0) is 119 Å². The quantitative estimate of drug-likeness (QED) is 0.0757. The number of aromatic nitrogens is 2. The Morgan fingerprint density at radius 1 is 0.213 bits per heavy atom. The number of carbonyl (C=O) groups is 20. The van der Waals surface area contributed by atoms with E-state index in [4.69, 9.17) is 0 Å². The monoisotopic (exact) mass is 1840 g/mol. The Labute approximate surface area is 774 Å². The van der Waals surface area contributed by atoms with Gasteiger partial charge in [0, 0.05) is 47.2 Å². The fourth-order valence-electron chi connectivity index (χ4n) is 16.6. The molecule has 15 aliphatic rings. The summed E-state index contributed by atoms with van der Waals surface area (Å²) in [6.45, 7) is 12.6. The van der Waals surface area contributed by atoms with Gasteiger partial charge in [0.05, 0.1) is 44.5 Å². The lowest BCUT2D eigenvalue weighted by atomic mass is 9.86. The number of rotatable bonds is 12. The molecule has 0 saturated heterocycles. The molecule has 136 heavy (non-hydrogen) atoms. The van der Waals surface area contributed by atoms with Crippen LogP contribution in [0.2, 0.25) is 0 Å². The second-order valence-corrected chi connectivity index (χ2v) is 34.4. The highest BCUT2D eigenvalue weighted by atomic mass is 16.2. The van der Waals surface area contributed by atoms with Crippen molar-refractivity contribution < 1.29 is 95.9 Å². The molecular weight excluding hydrogens is 1750 g/mol. The average molecular weight is 1840 g/mol. The van der Waals surface area contributed by atoms with E-state index in [-0.39, 0.29) is 91.7 Å². The van der Waals surface area contributed by atoms with Crippen LogP contribution in [0.15, 0.2) is 206 Å². The lowest BCUT2D eigenvalue weighted by Crippen LogP contribution is -2.60. The minimum absolute atomic E-state index is 0.174. The lowest BCUT2D eigenvalue weighted by Gasteiger charge is -2.33. The van der Waals surface area contributed by atoms with Gasteiger partial charge < -0.3 is 42.5 Å². The normalized spacial score (nSPS) is 20.5. The van der Waals surface area contributed by atoms with E-state index >= 15 is 0 Å². The highest BCUT2D eigenvalue weighted by molar-refractivity contribution is 6.35. The largest absolute Gasteiger partial charge is 0.342 e. The van der Waals surface area contributed by atoms with Crippen molar-refractivity contribution in [2.45, 2.75) is 129 Å². The SMILES string of the molecule is CC(C)[C@@H]1NC(=O)c2cccc(n2)C(=O)N[C@@H](C(C)C)C(=O)N[C@@H](Cc2ccccc2)C(=O)NN2C(=O)c3ccc4c5c(ccc(c35)C2=O)C(=O)N(NC(=O)[C@H](Cc2ccccc2)NC(=O)[C@H](C(C)C)NC(=O)c2cccc(n2)C(=O)N[C@@H](C(C)C)C(=O)N[C@@H](Cc2ccccc2)C(=O)NN2C(=O)c3ccc5c6c(ccc(c36)C2=O)C(=O)N(NC(=O)[C@H](Cc2ccccc2)NC1=O)C5=O)C4=O. The van der Waals surface area contributed by atoms with E-state index in [0.29, 0.717) is 42.3 Å². The molecule has 20 amide bonds. The van der Waals surface area contributed by atoms with Crippen molar-refractivity contribution in [3.8, 4) is 0 Å². The number of amides is 20. The topological polar surface area (TPSA) is 524 Å². The molecule has 0 aliphatic carbocycles. The summed E-state index contributed by atoms with van der Waals surface area (Å²) in [6.07, 6.45) is -1.09. The molecule has 2 aromatic heterocycles. The molecule has 8 atom stereocenters. The van der Waals surface area contributed by atoms with Crippen LogP contribution in [-0.4, -0.2) is 196 Å². The van der Waals surface area contributed by atoms with Gasteiger partial charge in [0.1, 0.15) is 71.1 Å². The van der Waals surface area contributed by atoms with Gasteiger partial charge in [-0.15, -0.1) is 0 Å². The van der Waals surface area contributed by atoms with E-state index < -0.39 is 213 Å². The zero-order valence-corrected chi connectivity index (χ0v) is 74.2. The van der Waals surface area contributed by atoms with Crippen molar-refractivity contribution in [3.05, 3.63) is 296 Å². The summed E-state index contributed by atoms with van der Waals surface area (Å²) in [5, 5.41) is 21.9. The second kappa shape index (κ2) is 39.1. The summed E-state index contributed by atoms with van der Waals surface area (Å²) in [4.78, 5) is 303. The molecule has 692 valence electrons. The number of nitrogens with zero attached hydrogens (tertiary/aromatic N) is 6. The fraction of sp³-hybridized carbons (Fsp3) is 0.245. The number of benzene rings is 8. The second-order valence-electron chi connectivity index (χ2n) is 34.4. The van der Waals surface area contributed by atoms with Crippen molar-refractivity contribution in [1.29, 1.82) is 0 Å². The molecule has 0 spiro atoms. The van der Waals surface area contributed by atoms with Crippen molar-refractivity contribution in [2.24, 2.45) is 23.7 Å². The van der Waals surface area contributed by atoms with Crippen LogP contribution in [0.4, 0.5) is 0 Å².